The van der Waals surface area contributed by atoms with E-state index in [4.69, 9.17) is 4.74 Å². The van der Waals surface area contributed by atoms with Crippen molar-refractivity contribution < 1.29 is 43.4 Å². The molecule has 1 heterocycles. The number of allylic oxidation sites excluding steroid dienone is 5. The van der Waals surface area contributed by atoms with E-state index >= 15 is 0 Å². The van der Waals surface area contributed by atoms with Gasteiger partial charge in [-0.1, -0.05) is 70.8 Å². The summed E-state index contributed by atoms with van der Waals surface area (Å²) in [6.45, 7) is 5.10. The first-order valence-corrected chi connectivity index (χ1v) is 19.7. The molecule has 0 bridgehead atoms. The molecule has 2 fully saturated rings. The van der Waals surface area contributed by atoms with Gasteiger partial charge in [-0.3, -0.25) is 24.0 Å². The molecule has 3 aliphatic rings. The second-order valence-corrected chi connectivity index (χ2v) is 16.0. The molecule has 51 heavy (non-hydrogen) atoms. The highest BCUT2D eigenvalue weighted by atomic mass is 32.2. The van der Waals surface area contributed by atoms with E-state index in [0.717, 1.165) is 43.6 Å². The largest absolute Gasteiger partial charge is 0.477 e. The Hall–Kier alpha value is -3.79. The maximum absolute atomic E-state index is 13.8. The lowest BCUT2D eigenvalue weighted by Gasteiger charge is -2.31. The fourth-order valence-electron chi connectivity index (χ4n) is 5.89. The van der Waals surface area contributed by atoms with E-state index in [0.29, 0.717) is 18.4 Å². The Bertz CT molecular complexity index is 1370. The number of thioether (sulfide) groups is 2. The van der Waals surface area contributed by atoms with Crippen molar-refractivity contribution >= 4 is 65.0 Å². The molecule has 1 unspecified atom stereocenters. The Morgan fingerprint density at radius 3 is 2.22 bits per heavy atom. The Morgan fingerprint density at radius 2 is 1.61 bits per heavy atom. The van der Waals surface area contributed by atoms with E-state index in [-0.39, 0.29) is 41.6 Å². The highest BCUT2D eigenvalue weighted by molar-refractivity contribution is 8.20. The van der Waals surface area contributed by atoms with Gasteiger partial charge in [-0.05, 0) is 49.5 Å². The van der Waals surface area contributed by atoms with Gasteiger partial charge in [0.05, 0.1) is 23.8 Å². The predicted octanol–water partition coefficient (Wildman–Crippen LogP) is 2.94. The van der Waals surface area contributed by atoms with Crippen LogP contribution in [-0.4, -0.2) is 93.9 Å². The number of ketones is 1. The molecule has 16 heteroatoms. The minimum absolute atomic E-state index is 0.00562. The van der Waals surface area contributed by atoms with Crippen LogP contribution >= 0.6 is 23.5 Å². The molecule has 5 amide bonds. The number of carboxylic acid groups (broad SMARTS) is 1. The van der Waals surface area contributed by atoms with Crippen LogP contribution in [-0.2, 0) is 33.5 Å². The Kier molecular flexibility index (Phi) is 17.6. The normalized spacial score (nSPS) is 19.0. The molecule has 1 saturated carbocycles. The Morgan fingerprint density at radius 1 is 0.922 bits per heavy atom. The summed E-state index contributed by atoms with van der Waals surface area (Å²) in [5, 5.41) is 22.3. The molecular weight excluding hydrogens is 699 g/mol. The number of hydrogen-bond acceptors (Lipinski definition) is 10. The maximum Gasteiger partial charge on any atom is 0.407 e. The lowest BCUT2D eigenvalue weighted by molar-refractivity contribution is -0.141. The summed E-state index contributed by atoms with van der Waals surface area (Å²) in [6.07, 6.45) is 11.4. The van der Waals surface area contributed by atoms with Crippen LogP contribution in [0.4, 0.5) is 4.79 Å². The molecule has 0 aromatic carbocycles. The summed E-state index contributed by atoms with van der Waals surface area (Å²) < 4.78 is 5.31. The number of carbonyl (C=O) groups is 7. The van der Waals surface area contributed by atoms with Crippen molar-refractivity contribution in [3.63, 3.8) is 0 Å². The van der Waals surface area contributed by atoms with Gasteiger partial charge >= 0.3 is 12.1 Å². The summed E-state index contributed by atoms with van der Waals surface area (Å²) in [5.41, 5.74) is 0.0341. The molecule has 282 valence electrons. The van der Waals surface area contributed by atoms with E-state index in [9.17, 15) is 38.7 Å². The van der Waals surface area contributed by atoms with Crippen molar-refractivity contribution in [1.82, 2.24) is 26.6 Å². The van der Waals surface area contributed by atoms with Crippen LogP contribution < -0.4 is 26.6 Å². The molecule has 6 N–H and O–H groups in total. The standard InChI is InChI=1S/C35H51N5O9S2/c1-4-11-24(30(42)33(45)36-19-26(41)39-29(34(46)47)23-14-9-6-10-15-23)37-31(43)25(18-27-50-16-17-51-27)38-32(44)28(22-12-7-5-8-13-22)40-35(48)49-20-21(2)3/h6,9-10,14,21-22,24-25,27-28H,4-5,7-8,11-13,15-20H2,1-3H3,(H,36,45)(H,37,43)(H,38,44)(H,39,41)(H,40,48)(H,46,47)/t24?,25-,28-/m0/s1. The predicted molar refractivity (Wildman–Crippen MR) is 195 cm³/mol. The van der Waals surface area contributed by atoms with Crippen LogP contribution in [0.15, 0.2) is 35.6 Å². The monoisotopic (exact) mass is 749 g/mol. The average Bonchev–Trinajstić information content (AvgIpc) is 3.64. The fourth-order valence-corrected chi connectivity index (χ4v) is 8.81. The third-order valence-electron chi connectivity index (χ3n) is 8.50. The van der Waals surface area contributed by atoms with Gasteiger partial charge < -0.3 is 36.4 Å². The van der Waals surface area contributed by atoms with Crippen molar-refractivity contribution in [3.8, 4) is 0 Å². The van der Waals surface area contributed by atoms with Crippen molar-refractivity contribution in [2.24, 2.45) is 11.8 Å². The average molecular weight is 750 g/mol. The van der Waals surface area contributed by atoms with Gasteiger partial charge in [0.25, 0.3) is 5.91 Å². The number of hydrogen-bond donors (Lipinski definition) is 6. The van der Waals surface area contributed by atoms with Gasteiger partial charge in [0.1, 0.15) is 17.8 Å². The summed E-state index contributed by atoms with van der Waals surface area (Å²) >= 11 is 3.32. The molecule has 0 aromatic heterocycles. The number of rotatable bonds is 18. The number of Topliss-reactive ketones (excluding diaryl/α,β-unsaturated/α-hetero) is 1. The van der Waals surface area contributed by atoms with Crippen LogP contribution in [0, 0.1) is 11.8 Å². The second-order valence-electron chi connectivity index (χ2n) is 13.1. The Labute approximate surface area is 307 Å². The molecule has 1 aliphatic heterocycles. The molecule has 0 aromatic rings. The molecule has 0 spiro atoms. The number of alkyl carbamates (subject to hydrolysis) is 1. The first-order chi connectivity index (χ1) is 24.4. The van der Waals surface area contributed by atoms with E-state index in [2.05, 4.69) is 26.6 Å². The lowest BCUT2D eigenvalue weighted by atomic mass is 9.83. The van der Waals surface area contributed by atoms with Gasteiger partial charge in [0.2, 0.25) is 23.5 Å². The number of carboxylic acids is 1. The van der Waals surface area contributed by atoms with Crippen molar-refractivity contribution in [3.05, 3.63) is 35.6 Å². The summed E-state index contributed by atoms with van der Waals surface area (Å²) in [4.78, 5) is 90.7. The van der Waals surface area contributed by atoms with Crippen molar-refractivity contribution in [1.29, 1.82) is 0 Å². The first-order valence-electron chi connectivity index (χ1n) is 17.6. The SMILES string of the molecule is CCCC(NC(=O)[C@H](CC1SCCS1)NC(=O)[C@@H](NC(=O)OCC(C)C)C1CCCCC1)C(=O)C(=O)NCC(=O)NC(C(=O)O)=C1C=CC=CC1. The van der Waals surface area contributed by atoms with Crippen LogP contribution in [0.25, 0.3) is 0 Å². The van der Waals surface area contributed by atoms with E-state index < -0.39 is 66.1 Å². The number of nitrogens with one attached hydrogen (secondary N) is 5. The van der Waals surface area contributed by atoms with E-state index in [1.54, 1.807) is 54.8 Å². The minimum Gasteiger partial charge on any atom is -0.477 e. The topological polar surface area (TPSA) is 209 Å². The minimum atomic E-state index is -1.35. The molecule has 3 atom stereocenters. The molecule has 1 saturated heterocycles. The quantitative estimate of drug-likeness (QED) is 0.0887. The third kappa shape index (κ3) is 14.0. The summed E-state index contributed by atoms with van der Waals surface area (Å²) in [7, 11) is 0. The van der Waals surface area contributed by atoms with Gasteiger partial charge in [-0.25, -0.2) is 9.59 Å². The molecule has 3 rings (SSSR count). The van der Waals surface area contributed by atoms with E-state index in [1.165, 1.54) is 0 Å². The van der Waals surface area contributed by atoms with Gasteiger partial charge in [0.15, 0.2) is 0 Å². The van der Waals surface area contributed by atoms with Gasteiger partial charge in [-0.2, -0.15) is 0 Å². The van der Waals surface area contributed by atoms with Crippen LogP contribution in [0.3, 0.4) is 0 Å². The van der Waals surface area contributed by atoms with Gasteiger partial charge in [-0.15, -0.1) is 23.5 Å². The number of aliphatic carboxylic acids is 1. The maximum atomic E-state index is 13.8. The molecule has 0 radical (unpaired) electrons. The number of carbonyl (C=O) groups excluding carboxylic acids is 6. The van der Waals surface area contributed by atoms with Crippen molar-refractivity contribution in [2.45, 2.75) is 101 Å². The summed E-state index contributed by atoms with van der Waals surface area (Å²) in [6, 6.07) is -3.23. The molecular formula is C35H51N5O9S2. The molecule has 2 aliphatic carbocycles. The zero-order chi connectivity index (χ0) is 37.3. The van der Waals surface area contributed by atoms with Crippen molar-refractivity contribution in [2.75, 3.05) is 24.7 Å². The second kappa shape index (κ2) is 21.5. The summed E-state index contributed by atoms with van der Waals surface area (Å²) in [5.74, 6) is -3.74. The smallest absolute Gasteiger partial charge is 0.407 e. The van der Waals surface area contributed by atoms with Gasteiger partial charge in [0, 0.05) is 11.5 Å². The Balaban J connectivity index is 1.69. The van der Waals surface area contributed by atoms with Crippen LogP contribution in [0.1, 0.15) is 78.6 Å². The first kappa shape index (κ1) is 41.6. The lowest BCUT2D eigenvalue weighted by Crippen LogP contribution is -2.58. The zero-order valence-electron chi connectivity index (χ0n) is 29.5. The number of amides is 5. The molecule has 14 nitrogen and oxygen atoms in total. The highest BCUT2D eigenvalue weighted by Gasteiger charge is 2.37. The fraction of sp³-hybridized carbons (Fsp3) is 0.629. The number of ether oxygens (including phenoxy) is 1. The third-order valence-corrected chi connectivity index (χ3v) is 11.6. The highest BCUT2D eigenvalue weighted by Crippen LogP contribution is 2.35. The van der Waals surface area contributed by atoms with Crippen LogP contribution in [0.2, 0.25) is 0 Å². The van der Waals surface area contributed by atoms with E-state index in [1.807, 2.05) is 13.8 Å². The zero-order valence-corrected chi connectivity index (χ0v) is 31.1. The van der Waals surface area contributed by atoms with Crippen LogP contribution in [0.5, 0.6) is 0 Å².